The van der Waals surface area contributed by atoms with E-state index in [2.05, 4.69) is 15.1 Å². The second-order valence-electron chi connectivity index (χ2n) is 3.70. The van der Waals surface area contributed by atoms with Crippen LogP contribution in [0.3, 0.4) is 0 Å². The lowest BCUT2D eigenvalue weighted by atomic mass is 10.1. The lowest BCUT2D eigenvalue weighted by Crippen LogP contribution is -2.00. The van der Waals surface area contributed by atoms with Crippen molar-refractivity contribution < 1.29 is 4.39 Å². The molecule has 0 N–H and O–H groups in total. The summed E-state index contributed by atoms with van der Waals surface area (Å²) >= 11 is 0. The fraction of sp³-hybridized carbons (Fsp3) is 0.0833. The van der Waals surface area contributed by atoms with Gasteiger partial charge in [0.15, 0.2) is 5.65 Å². The van der Waals surface area contributed by atoms with Crippen molar-refractivity contribution in [3.63, 3.8) is 0 Å². The molecule has 0 unspecified atom stereocenters. The molecule has 3 aromatic rings. The molecule has 0 fully saturated rings. The molecule has 0 aliphatic heterocycles. The lowest BCUT2D eigenvalue weighted by Gasteiger charge is -2.07. The summed E-state index contributed by atoms with van der Waals surface area (Å²) in [6.07, 6.45) is 3.09. The lowest BCUT2D eigenvalue weighted by molar-refractivity contribution is 0.619. The number of aromatic nitrogens is 4. The molecule has 0 saturated carbocycles. The van der Waals surface area contributed by atoms with Gasteiger partial charge in [-0.3, -0.25) is 4.98 Å². The molecule has 17 heavy (non-hydrogen) atoms. The van der Waals surface area contributed by atoms with Gasteiger partial charge in [-0.1, -0.05) is 0 Å². The zero-order valence-electron chi connectivity index (χ0n) is 9.13. The molecule has 3 heterocycles. The van der Waals surface area contributed by atoms with E-state index in [0.717, 1.165) is 11.3 Å². The number of rotatable bonds is 1. The maximum Gasteiger partial charge on any atom is 0.156 e. The van der Waals surface area contributed by atoms with Crippen molar-refractivity contribution in [2.75, 3.05) is 0 Å². The van der Waals surface area contributed by atoms with E-state index in [4.69, 9.17) is 0 Å². The van der Waals surface area contributed by atoms with Crippen molar-refractivity contribution in [3.05, 3.63) is 48.3 Å². The summed E-state index contributed by atoms with van der Waals surface area (Å²) in [6, 6.07) is 6.59. The average molecular weight is 228 g/mol. The van der Waals surface area contributed by atoms with Crippen LogP contribution >= 0.6 is 0 Å². The number of hydrogen-bond donors (Lipinski definition) is 0. The molecule has 0 saturated heterocycles. The van der Waals surface area contributed by atoms with Gasteiger partial charge in [-0.2, -0.15) is 5.10 Å². The van der Waals surface area contributed by atoms with Crippen molar-refractivity contribution >= 4 is 5.65 Å². The fourth-order valence-corrected chi connectivity index (χ4v) is 1.84. The van der Waals surface area contributed by atoms with Gasteiger partial charge in [-0.15, -0.1) is 0 Å². The van der Waals surface area contributed by atoms with Gasteiger partial charge in [-0.25, -0.2) is 13.9 Å². The molecule has 0 bridgehead atoms. The summed E-state index contributed by atoms with van der Waals surface area (Å²) in [5.74, 6) is -0.334. The predicted molar refractivity (Wildman–Crippen MR) is 60.9 cm³/mol. The van der Waals surface area contributed by atoms with E-state index in [0.29, 0.717) is 11.3 Å². The average Bonchev–Trinajstić information content (AvgIpc) is 2.79. The Bertz CT molecular complexity index is 690. The minimum atomic E-state index is -0.334. The molecule has 5 heteroatoms. The van der Waals surface area contributed by atoms with Crippen LogP contribution < -0.4 is 0 Å². The van der Waals surface area contributed by atoms with Crippen molar-refractivity contribution in [2.45, 2.75) is 6.92 Å². The van der Waals surface area contributed by atoms with Gasteiger partial charge < -0.3 is 0 Å². The molecule has 0 amide bonds. The second-order valence-corrected chi connectivity index (χ2v) is 3.70. The summed E-state index contributed by atoms with van der Waals surface area (Å²) in [4.78, 5) is 8.20. The van der Waals surface area contributed by atoms with Gasteiger partial charge in [0.05, 0.1) is 0 Å². The SMILES string of the molecule is Cc1ncccc1-c1c(F)ccc2ncnn12. The normalized spacial score (nSPS) is 10.9. The Morgan fingerprint density at radius 1 is 1.18 bits per heavy atom. The number of pyridine rings is 2. The monoisotopic (exact) mass is 228 g/mol. The van der Waals surface area contributed by atoms with Crippen LogP contribution in [0.2, 0.25) is 0 Å². The first-order valence-electron chi connectivity index (χ1n) is 5.17. The molecule has 0 radical (unpaired) electrons. The van der Waals surface area contributed by atoms with Crippen LogP contribution in [-0.4, -0.2) is 19.6 Å². The van der Waals surface area contributed by atoms with Gasteiger partial charge in [0.25, 0.3) is 0 Å². The standard InChI is InChI=1S/C12H9FN4/c1-8-9(3-2-6-14-8)12-10(13)4-5-11-15-7-16-17(11)12/h2-7H,1H3. The number of aryl methyl sites for hydroxylation is 1. The Labute approximate surface area is 96.8 Å². The number of halogens is 1. The summed E-state index contributed by atoms with van der Waals surface area (Å²) < 4.78 is 15.4. The molecule has 84 valence electrons. The first-order valence-corrected chi connectivity index (χ1v) is 5.17. The Morgan fingerprint density at radius 3 is 2.88 bits per heavy atom. The smallest absolute Gasteiger partial charge is 0.156 e. The van der Waals surface area contributed by atoms with E-state index in [-0.39, 0.29) is 5.82 Å². The van der Waals surface area contributed by atoms with Crippen molar-refractivity contribution in [2.24, 2.45) is 0 Å². The van der Waals surface area contributed by atoms with E-state index >= 15 is 0 Å². The second kappa shape index (κ2) is 3.62. The molecule has 0 aliphatic rings. The molecule has 0 aromatic carbocycles. The van der Waals surface area contributed by atoms with E-state index in [1.165, 1.54) is 16.9 Å². The highest BCUT2D eigenvalue weighted by Crippen LogP contribution is 2.24. The summed E-state index contributed by atoms with van der Waals surface area (Å²) in [7, 11) is 0. The molecule has 3 aromatic heterocycles. The zero-order valence-corrected chi connectivity index (χ0v) is 9.13. The van der Waals surface area contributed by atoms with Crippen LogP contribution in [0.5, 0.6) is 0 Å². The summed E-state index contributed by atoms with van der Waals surface area (Å²) in [6.45, 7) is 1.84. The first-order chi connectivity index (χ1) is 8.27. The molecular formula is C12H9FN4. The van der Waals surface area contributed by atoms with Crippen molar-refractivity contribution in [1.82, 2.24) is 19.6 Å². The Balaban J connectivity index is 2.40. The highest BCUT2D eigenvalue weighted by atomic mass is 19.1. The third kappa shape index (κ3) is 1.47. The zero-order chi connectivity index (χ0) is 11.8. The molecular weight excluding hydrogens is 219 g/mol. The topological polar surface area (TPSA) is 43.1 Å². The van der Waals surface area contributed by atoms with E-state index in [9.17, 15) is 4.39 Å². The molecule has 0 spiro atoms. The number of nitrogens with zero attached hydrogens (tertiary/aromatic N) is 4. The first kappa shape index (κ1) is 9.89. The van der Waals surface area contributed by atoms with Crippen molar-refractivity contribution in [1.29, 1.82) is 0 Å². The van der Waals surface area contributed by atoms with Gasteiger partial charge in [-0.05, 0) is 31.2 Å². The minimum Gasteiger partial charge on any atom is -0.261 e. The van der Waals surface area contributed by atoms with Crippen LogP contribution in [0.4, 0.5) is 4.39 Å². The fourth-order valence-electron chi connectivity index (χ4n) is 1.84. The molecule has 0 atom stereocenters. The van der Waals surface area contributed by atoms with Crippen molar-refractivity contribution in [3.8, 4) is 11.3 Å². The quantitative estimate of drug-likeness (QED) is 0.641. The highest BCUT2D eigenvalue weighted by molar-refractivity contribution is 5.65. The summed E-state index contributed by atoms with van der Waals surface area (Å²) in [5, 5.41) is 4.03. The van der Waals surface area contributed by atoms with Gasteiger partial charge >= 0.3 is 0 Å². The largest absolute Gasteiger partial charge is 0.261 e. The molecule has 3 rings (SSSR count). The van der Waals surface area contributed by atoms with Crippen LogP contribution in [0, 0.1) is 12.7 Å². The predicted octanol–water partition coefficient (Wildman–Crippen LogP) is 2.24. The van der Waals surface area contributed by atoms with E-state index in [1.807, 2.05) is 13.0 Å². The number of fused-ring (bicyclic) bond motifs is 1. The maximum atomic E-state index is 13.9. The van der Waals surface area contributed by atoms with Crippen LogP contribution in [-0.2, 0) is 0 Å². The number of hydrogen-bond acceptors (Lipinski definition) is 3. The Hall–Kier alpha value is -2.30. The third-order valence-electron chi connectivity index (χ3n) is 2.65. The van der Waals surface area contributed by atoms with Gasteiger partial charge in [0, 0.05) is 17.5 Å². The van der Waals surface area contributed by atoms with Crippen LogP contribution in [0.1, 0.15) is 5.69 Å². The third-order valence-corrected chi connectivity index (χ3v) is 2.65. The molecule has 0 aliphatic carbocycles. The Morgan fingerprint density at radius 2 is 2.06 bits per heavy atom. The van der Waals surface area contributed by atoms with Crippen LogP contribution in [0.25, 0.3) is 16.9 Å². The van der Waals surface area contributed by atoms with Gasteiger partial charge in [0.1, 0.15) is 17.8 Å². The van der Waals surface area contributed by atoms with E-state index in [1.54, 1.807) is 18.3 Å². The van der Waals surface area contributed by atoms with E-state index < -0.39 is 0 Å². The Kier molecular flexibility index (Phi) is 2.11. The van der Waals surface area contributed by atoms with Crippen LogP contribution in [0.15, 0.2) is 36.8 Å². The highest BCUT2D eigenvalue weighted by Gasteiger charge is 2.13. The molecule has 4 nitrogen and oxygen atoms in total. The van der Waals surface area contributed by atoms with Gasteiger partial charge in [0.2, 0.25) is 0 Å². The maximum absolute atomic E-state index is 13.9. The summed E-state index contributed by atoms with van der Waals surface area (Å²) in [5.41, 5.74) is 2.49. The minimum absolute atomic E-state index is 0.334.